The number of esters is 1. The van der Waals surface area contributed by atoms with Crippen molar-refractivity contribution in [2.45, 2.75) is 6.42 Å². The first-order valence-electron chi connectivity index (χ1n) is 9.71. The number of carbonyl (C=O) groups excluding carboxylic acids is 2. The molecule has 4 aromatic rings. The van der Waals surface area contributed by atoms with Crippen LogP contribution in [-0.4, -0.2) is 25.2 Å². The molecule has 6 nitrogen and oxygen atoms in total. The van der Waals surface area contributed by atoms with Crippen molar-refractivity contribution in [3.8, 4) is 11.3 Å². The van der Waals surface area contributed by atoms with Crippen LogP contribution in [0.15, 0.2) is 88.4 Å². The van der Waals surface area contributed by atoms with Crippen LogP contribution >= 0.6 is 0 Å². The van der Waals surface area contributed by atoms with Crippen LogP contribution in [0, 0.1) is 0 Å². The fourth-order valence-corrected chi connectivity index (χ4v) is 3.29. The lowest BCUT2D eigenvalue weighted by molar-refractivity contribution is -0.120. The second-order valence-electron chi connectivity index (χ2n) is 6.88. The summed E-state index contributed by atoms with van der Waals surface area (Å²) in [6.45, 7) is 0. The molecule has 1 heterocycles. The summed E-state index contributed by atoms with van der Waals surface area (Å²) in [4.78, 5) is 23.8. The van der Waals surface area contributed by atoms with E-state index in [9.17, 15) is 9.59 Å². The molecule has 31 heavy (non-hydrogen) atoms. The van der Waals surface area contributed by atoms with Crippen molar-refractivity contribution in [1.82, 2.24) is 5.43 Å². The molecule has 0 atom stereocenters. The summed E-state index contributed by atoms with van der Waals surface area (Å²) in [6.07, 6.45) is 1.68. The van der Waals surface area contributed by atoms with Gasteiger partial charge in [-0.2, -0.15) is 5.10 Å². The van der Waals surface area contributed by atoms with Crippen molar-refractivity contribution < 1.29 is 18.7 Å². The summed E-state index contributed by atoms with van der Waals surface area (Å²) >= 11 is 0. The van der Waals surface area contributed by atoms with Crippen molar-refractivity contribution in [1.29, 1.82) is 0 Å². The van der Waals surface area contributed by atoms with Gasteiger partial charge in [0.05, 0.1) is 25.3 Å². The second-order valence-corrected chi connectivity index (χ2v) is 6.88. The first kappa shape index (κ1) is 20.1. The van der Waals surface area contributed by atoms with Gasteiger partial charge in [0.1, 0.15) is 11.5 Å². The van der Waals surface area contributed by atoms with Crippen LogP contribution in [-0.2, 0) is 16.0 Å². The summed E-state index contributed by atoms with van der Waals surface area (Å²) < 4.78 is 10.4. The maximum atomic E-state index is 12.3. The highest BCUT2D eigenvalue weighted by molar-refractivity contribution is 5.91. The minimum Gasteiger partial charge on any atom is -0.465 e. The highest BCUT2D eigenvalue weighted by Gasteiger charge is 2.08. The third-order valence-corrected chi connectivity index (χ3v) is 4.83. The summed E-state index contributed by atoms with van der Waals surface area (Å²) in [5.74, 6) is 0.522. The molecule has 0 saturated carbocycles. The van der Waals surface area contributed by atoms with Gasteiger partial charge in [0.15, 0.2) is 0 Å². The van der Waals surface area contributed by atoms with Crippen LogP contribution in [0.5, 0.6) is 0 Å². The predicted octanol–water partition coefficient (Wildman–Crippen LogP) is 4.58. The van der Waals surface area contributed by atoms with E-state index >= 15 is 0 Å². The van der Waals surface area contributed by atoms with Crippen molar-refractivity contribution in [2.24, 2.45) is 5.10 Å². The SMILES string of the molecule is COC(=O)c1ccc(-c2ccc(/C=N\NC(=O)Cc3cccc4ccccc34)o2)cc1. The van der Waals surface area contributed by atoms with E-state index < -0.39 is 5.97 Å². The molecule has 3 aromatic carbocycles. The third kappa shape index (κ3) is 4.70. The molecule has 0 saturated heterocycles. The molecule has 1 N–H and O–H groups in total. The maximum absolute atomic E-state index is 12.3. The Balaban J connectivity index is 1.38. The lowest BCUT2D eigenvalue weighted by atomic mass is 10.0. The van der Waals surface area contributed by atoms with Crippen LogP contribution in [0.1, 0.15) is 21.7 Å². The largest absolute Gasteiger partial charge is 0.465 e. The number of methoxy groups -OCH3 is 1. The molecule has 1 amide bonds. The van der Waals surface area contributed by atoms with E-state index in [0.717, 1.165) is 21.9 Å². The molecule has 0 fully saturated rings. The van der Waals surface area contributed by atoms with Crippen LogP contribution < -0.4 is 5.43 Å². The fraction of sp³-hybridized carbons (Fsp3) is 0.0800. The molecule has 0 radical (unpaired) electrons. The molecule has 0 aliphatic rings. The maximum Gasteiger partial charge on any atom is 0.337 e. The van der Waals surface area contributed by atoms with E-state index in [1.165, 1.54) is 13.3 Å². The zero-order valence-corrected chi connectivity index (χ0v) is 16.9. The van der Waals surface area contributed by atoms with Gasteiger partial charge in [-0.05, 0) is 40.6 Å². The zero-order valence-electron chi connectivity index (χ0n) is 16.9. The van der Waals surface area contributed by atoms with Gasteiger partial charge in [-0.25, -0.2) is 10.2 Å². The van der Waals surface area contributed by atoms with Crippen LogP contribution in [0.3, 0.4) is 0 Å². The van der Waals surface area contributed by atoms with Gasteiger partial charge in [-0.15, -0.1) is 0 Å². The first-order valence-corrected chi connectivity index (χ1v) is 9.71. The number of carbonyl (C=O) groups is 2. The number of hydrogen-bond acceptors (Lipinski definition) is 5. The van der Waals surface area contributed by atoms with E-state index in [1.807, 2.05) is 42.5 Å². The monoisotopic (exact) mass is 412 g/mol. The Bertz CT molecular complexity index is 1250. The molecule has 6 heteroatoms. The van der Waals surface area contributed by atoms with E-state index in [2.05, 4.69) is 10.5 Å². The molecule has 0 spiro atoms. The molecule has 0 bridgehead atoms. The average molecular weight is 412 g/mol. The number of hydrazone groups is 1. The zero-order chi connectivity index (χ0) is 21.6. The highest BCUT2D eigenvalue weighted by atomic mass is 16.5. The number of amides is 1. The van der Waals surface area contributed by atoms with E-state index in [4.69, 9.17) is 9.15 Å². The van der Waals surface area contributed by atoms with Crippen molar-refractivity contribution in [2.75, 3.05) is 7.11 Å². The standard InChI is InChI=1S/C25H20N2O4/c1-30-25(29)19-11-9-18(10-12-19)23-14-13-21(31-23)16-26-27-24(28)15-20-7-4-6-17-5-2-3-8-22(17)20/h2-14,16H,15H2,1H3,(H,27,28)/b26-16-. The number of furan rings is 1. The summed E-state index contributed by atoms with van der Waals surface area (Å²) in [5.41, 5.74) is 4.76. The number of hydrogen-bond donors (Lipinski definition) is 1. The Morgan fingerprint density at radius 3 is 2.55 bits per heavy atom. The van der Waals surface area contributed by atoms with Gasteiger partial charge in [0, 0.05) is 5.56 Å². The molecule has 0 aliphatic carbocycles. The van der Waals surface area contributed by atoms with Gasteiger partial charge < -0.3 is 9.15 Å². The summed E-state index contributed by atoms with van der Waals surface area (Å²) in [6, 6.07) is 24.3. The molecule has 4 rings (SSSR count). The number of nitrogens with zero attached hydrogens (tertiary/aromatic N) is 1. The Labute approximate surface area is 179 Å². The third-order valence-electron chi connectivity index (χ3n) is 4.83. The van der Waals surface area contributed by atoms with Crippen molar-refractivity contribution in [3.05, 3.63) is 95.7 Å². The van der Waals surface area contributed by atoms with Gasteiger partial charge >= 0.3 is 5.97 Å². The first-order chi connectivity index (χ1) is 15.1. The van der Waals surface area contributed by atoms with Crippen molar-refractivity contribution in [3.63, 3.8) is 0 Å². The Morgan fingerprint density at radius 1 is 0.968 bits per heavy atom. The average Bonchev–Trinajstić information content (AvgIpc) is 3.28. The molecule has 0 unspecified atom stereocenters. The summed E-state index contributed by atoms with van der Waals surface area (Å²) in [5, 5.41) is 6.14. The molecular weight excluding hydrogens is 392 g/mol. The van der Waals surface area contributed by atoms with E-state index in [-0.39, 0.29) is 12.3 Å². The Kier molecular flexibility index (Phi) is 5.89. The summed E-state index contributed by atoms with van der Waals surface area (Å²) in [7, 11) is 1.34. The lowest BCUT2D eigenvalue weighted by Gasteiger charge is -2.05. The van der Waals surface area contributed by atoms with Crippen LogP contribution in [0.4, 0.5) is 0 Å². The lowest BCUT2D eigenvalue weighted by Crippen LogP contribution is -2.19. The van der Waals surface area contributed by atoms with Crippen LogP contribution in [0.2, 0.25) is 0 Å². The van der Waals surface area contributed by atoms with Gasteiger partial charge in [-0.1, -0.05) is 54.6 Å². The second kappa shape index (κ2) is 9.09. The number of benzene rings is 3. The number of ether oxygens (including phenoxy) is 1. The minimum atomic E-state index is -0.391. The smallest absolute Gasteiger partial charge is 0.337 e. The normalized spacial score (nSPS) is 11.0. The number of fused-ring (bicyclic) bond motifs is 1. The van der Waals surface area contributed by atoms with Crippen LogP contribution in [0.25, 0.3) is 22.1 Å². The van der Waals surface area contributed by atoms with Gasteiger partial charge in [-0.3, -0.25) is 4.79 Å². The topological polar surface area (TPSA) is 80.9 Å². The fourth-order valence-electron chi connectivity index (χ4n) is 3.29. The highest BCUT2D eigenvalue weighted by Crippen LogP contribution is 2.22. The predicted molar refractivity (Wildman–Crippen MR) is 119 cm³/mol. The Morgan fingerprint density at radius 2 is 1.74 bits per heavy atom. The van der Waals surface area contributed by atoms with E-state index in [1.54, 1.807) is 36.4 Å². The van der Waals surface area contributed by atoms with E-state index in [0.29, 0.717) is 17.1 Å². The molecule has 154 valence electrons. The quantitative estimate of drug-likeness (QED) is 0.286. The minimum absolute atomic E-state index is 0.210. The number of nitrogens with one attached hydrogen (secondary N) is 1. The molecule has 0 aliphatic heterocycles. The van der Waals surface area contributed by atoms with Crippen molar-refractivity contribution >= 4 is 28.9 Å². The molecular formula is C25H20N2O4. The molecule has 1 aromatic heterocycles. The Hall–Kier alpha value is -4.19. The van der Waals surface area contributed by atoms with Gasteiger partial charge in [0.25, 0.3) is 0 Å². The number of rotatable bonds is 6. The van der Waals surface area contributed by atoms with Gasteiger partial charge in [0.2, 0.25) is 5.91 Å².